The van der Waals surface area contributed by atoms with E-state index in [0.29, 0.717) is 0 Å². The Morgan fingerprint density at radius 2 is 2.13 bits per heavy atom. The molecular formula is C14H21N. The van der Waals surface area contributed by atoms with E-state index in [1.165, 1.54) is 49.8 Å². The van der Waals surface area contributed by atoms with E-state index in [1.54, 1.807) is 11.1 Å². The summed E-state index contributed by atoms with van der Waals surface area (Å²) in [4.78, 5) is 0. The van der Waals surface area contributed by atoms with Crippen LogP contribution in [-0.4, -0.2) is 7.05 Å². The van der Waals surface area contributed by atoms with E-state index >= 15 is 0 Å². The molecule has 1 N–H and O–H groups in total. The van der Waals surface area contributed by atoms with Gasteiger partial charge in [-0.15, -0.1) is 0 Å². The van der Waals surface area contributed by atoms with Gasteiger partial charge in [-0.25, -0.2) is 0 Å². The molecule has 0 aliphatic heterocycles. The van der Waals surface area contributed by atoms with E-state index in [0.717, 1.165) is 0 Å². The number of benzene rings is 1. The molecule has 0 bridgehead atoms. The van der Waals surface area contributed by atoms with E-state index in [9.17, 15) is 0 Å². The summed E-state index contributed by atoms with van der Waals surface area (Å²) in [7, 11) is 2.06. The van der Waals surface area contributed by atoms with E-state index in [4.69, 9.17) is 0 Å². The standard InChI is InChI=1S/C14H21N/c1-3-4-6-12-10-9-11-7-5-8-13(11)14(12)15-2/h9-10,15H,3-8H2,1-2H3. The van der Waals surface area contributed by atoms with Gasteiger partial charge in [-0.05, 0) is 48.8 Å². The first-order valence-electron chi connectivity index (χ1n) is 6.18. The highest BCUT2D eigenvalue weighted by atomic mass is 14.8. The summed E-state index contributed by atoms with van der Waals surface area (Å²) in [5.41, 5.74) is 6.10. The van der Waals surface area contributed by atoms with Crippen molar-refractivity contribution >= 4 is 5.69 Å². The van der Waals surface area contributed by atoms with Crippen LogP contribution in [0.15, 0.2) is 12.1 Å². The molecule has 15 heavy (non-hydrogen) atoms. The predicted octanol–water partition coefficient (Wildman–Crippen LogP) is 3.56. The molecular weight excluding hydrogens is 182 g/mol. The highest BCUT2D eigenvalue weighted by Crippen LogP contribution is 2.32. The van der Waals surface area contributed by atoms with Gasteiger partial charge in [0.1, 0.15) is 0 Å². The molecule has 1 heteroatoms. The molecule has 0 saturated heterocycles. The minimum absolute atomic E-state index is 1.22. The second-order valence-corrected chi connectivity index (χ2v) is 4.44. The third-order valence-corrected chi connectivity index (χ3v) is 3.42. The van der Waals surface area contributed by atoms with Crippen molar-refractivity contribution in [2.24, 2.45) is 0 Å². The Bertz CT molecular complexity index is 341. The van der Waals surface area contributed by atoms with Crippen molar-refractivity contribution in [1.29, 1.82) is 0 Å². The van der Waals surface area contributed by atoms with Gasteiger partial charge in [-0.2, -0.15) is 0 Å². The zero-order valence-corrected chi connectivity index (χ0v) is 9.90. The highest BCUT2D eigenvalue weighted by molar-refractivity contribution is 5.61. The third-order valence-electron chi connectivity index (χ3n) is 3.42. The van der Waals surface area contributed by atoms with Crippen LogP contribution in [0.1, 0.15) is 42.9 Å². The van der Waals surface area contributed by atoms with Crippen molar-refractivity contribution in [2.75, 3.05) is 12.4 Å². The predicted molar refractivity (Wildman–Crippen MR) is 66.6 cm³/mol. The summed E-state index contributed by atoms with van der Waals surface area (Å²) < 4.78 is 0. The van der Waals surface area contributed by atoms with Gasteiger partial charge >= 0.3 is 0 Å². The lowest BCUT2D eigenvalue weighted by Gasteiger charge is -2.14. The van der Waals surface area contributed by atoms with Crippen molar-refractivity contribution in [3.63, 3.8) is 0 Å². The summed E-state index contributed by atoms with van der Waals surface area (Å²) in [5, 5.41) is 3.40. The lowest BCUT2D eigenvalue weighted by atomic mass is 9.99. The third kappa shape index (κ3) is 2.01. The van der Waals surface area contributed by atoms with Gasteiger partial charge in [-0.3, -0.25) is 0 Å². The maximum absolute atomic E-state index is 3.40. The molecule has 0 radical (unpaired) electrons. The van der Waals surface area contributed by atoms with Gasteiger partial charge < -0.3 is 5.32 Å². The number of unbranched alkanes of at least 4 members (excludes halogenated alkanes) is 1. The lowest BCUT2D eigenvalue weighted by Crippen LogP contribution is -2.00. The van der Waals surface area contributed by atoms with Crippen LogP contribution in [-0.2, 0) is 19.3 Å². The fourth-order valence-electron chi connectivity index (χ4n) is 2.60. The highest BCUT2D eigenvalue weighted by Gasteiger charge is 2.16. The average molecular weight is 203 g/mol. The number of fused-ring (bicyclic) bond motifs is 1. The molecule has 1 aromatic carbocycles. The Kier molecular flexibility index (Phi) is 3.30. The minimum atomic E-state index is 1.22. The van der Waals surface area contributed by atoms with Crippen LogP contribution in [0.2, 0.25) is 0 Å². The van der Waals surface area contributed by atoms with Crippen molar-refractivity contribution < 1.29 is 0 Å². The van der Waals surface area contributed by atoms with Crippen LogP contribution < -0.4 is 5.32 Å². The lowest BCUT2D eigenvalue weighted by molar-refractivity contribution is 0.795. The Balaban J connectivity index is 2.30. The normalized spacial score (nSPS) is 14.0. The molecule has 0 heterocycles. The summed E-state index contributed by atoms with van der Waals surface area (Å²) in [6.07, 6.45) is 7.68. The second kappa shape index (κ2) is 4.69. The van der Waals surface area contributed by atoms with Gasteiger partial charge in [0.15, 0.2) is 0 Å². The van der Waals surface area contributed by atoms with E-state index in [1.807, 2.05) is 0 Å². The van der Waals surface area contributed by atoms with Crippen molar-refractivity contribution in [1.82, 2.24) is 0 Å². The second-order valence-electron chi connectivity index (χ2n) is 4.44. The molecule has 2 rings (SSSR count). The molecule has 0 amide bonds. The summed E-state index contributed by atoms with van der Waals surface area (Å²) in [6.45, 7) is 2.26. The van der Waals surface area contributed by atoms with Crippen molar-refractivity contribution in [3.05, 3.63) is 28.8 Å². The maximum atomic E-state index is 3.40. The first-order chi connectivity index (χ1) is 7.36. The first-order valence-corrected chi connectivity index (χ1v) is 6.18. The smallest absolute Gasteiger partial charge is 0.0405 e. The fourth-order valence-corrected chi connectivity index (χ4v) is 2.60. The van der Waals surface area contributed by atoms with Gasteiger partial charge in [0.25, 0.3) is 0 Å². The number of aryl methyl sites for hydroxylation is 2. The molecule has 0 unspecified atom stereocenters. The Hall–Kier alpha value is -0.980. The van der Waals surface area contributed by atoms with Crippen LogP contribution in [0.3, 0.4) is 0 Å². The van der Waals surface area contributed by atoms with Crippen LogP contribution >= 0.6 is 0 Å². The molecule has 1 aromatic rings. The zero-order chi connectivity index (χ0) is 10.7. The van der Waals surface area contributed by atoms with Gasteiger partial charge in [0.2, 0.25) is 0 Å². The van der Waals surface area contributed by atoms with Crippen LogP contribution in [0.25, 0.3) is 0 Å². The van der Waals surface area contributed by atoms with E-state index < -0.39 is 0 Å². The Morgan fingerprint density at radius 1 is 1.27 bits per heavy atom. The fraction of sp³-hybridized carbons (Fsp3) is 0.571. The first kappa shape index (κ1) is 10.5. The topological polar surface area (TPSA) is 12.0 Å². The number of anilines is 1. The monoisotopic (exact) mass is 203 g/mol. The van der Waals surface area contributed by atoms with Crippen molar-refractivity contribution in [2.45, 2.75) is 45.4 Å². The molecule has 0 atom stereocenters. The summed E-state index contributed by atoms with van der Waals surface area (Å²) in [6, 6.07) is 4.67. The maximum Gasteiger partial charge on any atom is 0.0405 e. The van der Waals surface area contributed by atoms with E-state index in [-0.39, 0.29) is 0 Å². The average Bonchev–Trinajstić information content (AvgIpc) is 2.73. The molecule has 1 aliphatic rings. The molecule has 0 aromatic heterocycles. The summed E-state index contributed by atoms with van der Waals surface area (Å²) >= 11 is 0. The molecule has 0 saturated carbocycles. The Morgan fingerprint density at radius 3 is 2.87 bits per heavy atom. The van der Waals surface area contributed by atoms with Gasteiger partial charge in [0.05, 0.1) is 0 Å². The van der Waals surface area contributed by atoms with Crippen LogP contribution in [0, 0.1) is 0 Å². The summed E-state index contributed by atoms with van der Waals surface area (Å²) in [5.74, 6) is 0. The SMILES string of the molecule is CCCCc1ccc2c(c1NC)CCC2. The number of hydrogen-bond donors (Lipinski definition) is 1. The van der Waals surface area contributed by atoms with Crippen LogP contribution in [0.5, 0.6) is 0 Å². The van der Waals surface area contributed by atoms with E-state index in [2.05, 4.69) is 31.4 Å². The minimum Gasteiger partial charge on any atom is -0.388 e. The molecule has 82 valence electrons. The zero-order valence-electron chi connectivity index (χ0n) is 9.90. The molecule has 0 spiro atoms. The van der Waals surface area contributed by atoms with Crippen LogP contribution in [0.4, 0.5) is 5.69 Å². The molecule has 1 nitrogen and oxygen atoms in total. The van der Waals surface area contributed by atoms with Crippen molar-refractivity contribution in [3.8, 4) is 0 Å². The molecule has 1 aliphatic carbocycles. The Labute approximate surface area is 92.9 Å². The number of rotatable bonds is 4. The number of hydrogen-bond acceptors (Lipinski definition) is 1. The quantitative estimate of drug-likeness (QED) is 0.789. The largest absolute Gasteiger partial charge is 0.388 e. The van der Waals surface area contributed by atoms with Gasteiger partial charge in [-0.1, -0.05) is 25.5 Å². The molecule has 0 fully saturated rings. The number of nitrogens with one attached hydrogen (secondary N) is 1. The van der Waals surface area contributed by atoms with Gasteiger partial charge in [0, 0.05) is 12.7 Å².